The summed E-state index contributed by atoms with van der Waals surface area (Å²) in [6.45, 7) is 1.43. The summed E-state index contributed by atoms with van der Waals surface area (Å²) < 4.78 is 0. The van der Waals surface area contributed by atoms with Gasteiger partial charge in [-0.25, -0.2) is 0 Å². The number of amides is 1. The number of aromatic amines is 1. The molecule has 0 radical (unpaired) electrons. The molecule has 0 atom stereocenters. The van der Waals surface area contributed by atoms with E-state index in [9.17, 15) is 19.5 Å². The van der Waals surface area contributed by atoms with Gasteiger partial charge in [0.25, 0.3) is 11.5 Å². The van der Waals surface area contributed by atoms with Crippen molar-refractivity contribution in [2.45, 2.75) is 6.92 Å². The fourth-order valence-electron chi connectivity index (χ4n) is 1.66. The lowest BCUT2D eigenvalue weighted by molar-refractivity contribution is 0.100. The molecular formula is C14H12N2O4. The molecule has 6 nitrogen and oxygen atoms in total. The van der Waals surface area contributed by atoms with Crippen LogP contribution in [0.2, 0.25) is 0 Å². The number of pyridine rings is 1. The van der Waals surface area contributed by atoms with Crippen molar-refractivity contribution in [3.63, 3.8) is 0 Å². The number of aromatic hydroxyl groups is 1. The van der Waals surface area contributed by atoms with Crippen molar-refractivity contribution in [2.24, 2.45) is 0 Å². The highest BCUT2D eigenvalue weighted by Crippen LogP contribution is 2.16. The largest absolute Gasteiger partial charge is 0.507 e. The number of nitrogens with one attached hydrogen (secondary N) is 2. The van der Waals surface area contributed by atoms with Gasteiger partial charge in [0, 0.05) is 23.5 Å². The molecule has 0 unspecified atom stereocenters. The van der Waals surface area contributed by atoms with Crippen molar-refractivity contribution in [1.29, 1.82) is 0 Å². The number of carbonyl (C=O) groups excluding carboxylic acids is 2. The predicted octanol–water partition coefficient (Wildman–Crippen LogP) is 1.54. The van der Waals surface area contributed by atoms with Crippen molar-refractivity contribution < 1.29 is 14.7 Å². The van der Waals surface area contributed by atoms with Gasteiger partial charge in [-0.15, -0.1) is 0 Å². The van der Waals surface area contributed by atoms with Crippen LogP contribution in [0.3, 0.4) is 0 Å². The molecule has 0 spiro atoms. The molecule has 2 aromatic rings. The zero-order valence-electron chi connectivity index (χ0n) is 10.6. The molecule has 6 heteroatoms. The number of H-pyrrole nitrogens is 1. The minimum Gasteiger partial charge on any atom is -0.507 e. The quantitative estimate of drug-likeness (QED) is 0.738. The Balaban J connectivity index is 2.25. The van der Waals surface area contributed by atoms with Crippen LogP contribution in [-0.4, -0.2) is 21.8 Å². The van der Waals surface area contributed by atoms with Gasteiger partial charge in [-0.05, 0) is 19.1 Å². The minimum atomic E-state index is -0.584. The number of anilines is 1. The molecule has 20 heavy (non-hydrogen) atoms. The minimum absolute atomic E-state index is 0.0576. The van der Waals surface area contributed by atoms with Gasteiger partial charge < -0.3 is 15.4 Å². The summed E-state index contributed by atoms with van der Waals surface area (Å²) in [4.78, 5) is 36.5. The smallest absolute Gasteiger partial charge is 0.260 e. The molecule has 1 heterocycles. The van der Waals surface area contributed by atoms with E-state index < -0.39 is 17.2 Å². The molecule has 102 valence electrons. The Kier molecular flexibility index (Phi) is 3.65. The van der Waals surface area contributed by atoms with Crippen molar-refractivity contribution >= 4 is 17.4 Å². The van der Waals surface area contributed by atoms with E-state index in [1.54, 1.807) is 18.2 Å². The number of benzene rings is 1. The zero-order chi connectivity index (χ0) is 14.7. The first-order valence-corrected chi connectivity index (χ1v) is 5.81. The third-order valence-electron chi connectivity index (χ3n) is 2.67. The predicted molar refractivity (Wildman–Crippen MR) is 73.1 cm³/mol. The van der Waals surface area contributed by atoms with E-state index in [2.05, 4.69) is 10.3 Å². The van der Waals surface area contributed by atoms with Crippen LogP contribution in [0.4, 0.5) is 5.69 Å². The Morgan fingerprint density at radius 3 is 2.65 bits per heavy atom. The van der Waals surface area contributed by atoms with Crippen LogP contribution in [0.15, 0.2) is 41.3 Å². The fourth-order valence-corrected chi connectivity index (χ4v) is 1.66. The van der Waals surface area contributed by atoms with Crippen LogP contribution >= 0.6 is 0 Å². The molecule has 0 aliphatic carbocycles. The second-order valence-corrected chi connectivity index (χ2v) is 4.19. The summed E-state index contributed by atoms with van der Waals surface area (Å²) in [5, 5.41) is 12.1. The number of carbonyl (C=O) groups is 2. The SMILES string of the molecule is CC(=O)c1cccc(NC(=O)c2c[nH]c(=O)cc2O)c1. The van der Waals surface area contributed by atoms with Gasteiger partial charge in [0.05, 0.1) is 5.56 Å². The molecule has 0 bridgehead atoms. The van der Waals surface area contributed by atoms with Crippen molar-refractivity contribution in [2.75, 3.05) is 5.32 Å². The van der Waals surface area contributed by atoms with Crippen LogP contribution in [0.5, 0.6) is 5.75 Å². The van der Waals surface area contributed by atoms with E-state index in [1.165, 1.54) is 13.0 Å². The van der Waals surface area contributed by atoms with E-state index in [1.807, 2.05) is 0 Å². The maximum Gasteiger partial charge on any atom is 0.260 e. The third kappa shape index (κ3) is 2.92. The Morgan fingerprint density at radius 2 is 2.00 bits per heavy atom. The number of hydrogen-bond donors (Lipinski definition) is 3. The zero-order valence-corrected chi connectivity index (χ0v) is 10.6. The van der Waals surface area contributed by atoms with Crippen LogP contribution in [0, 0.1) is 0 Å². The molecule has 3 N–H and O–H groups in total. The second kappa shape index (κ2) is 5.40. The Labute approximate surface area is 114 Å². The van der Waals surface area contributed by atoms with E-state index in [-0.39, 0.29) is 11.3 Å². The first kappa shape index (κ1) is 13.5. The topological polar surface area (TPSA) is 99.3 Å². The van der Waals surface area contributed by atoms with E-state index in [0.717, 1.165) is 12.3 Å². The van der Waals surface area contributed by atoms with Gasteiger partial charge in [-0.3, -0.25) is 14.4 Å². The van der Waals surface area contributed by atoms with Gasteiger partial charge in [-0.2, -0.15) is 0 Å². The van der Waals surface area contributed by atoms with E-state index in [0.29, 0.717) is 11.3 Å². The van der Waals surface area contributed by atoms with Crippen molar-refractivity contribution in [1.82, 2.24) is 4.98 Å². The van der Waals surface area contributed by atoms with E-state index in [4.69, 9.17) is 0 Å². The summed E-state index contributed by atoms with van der Waals surface area (Å²) in [6, 6.07) is 7.34. The average molecular weight is 272 g/mol. The first-order valence-electron chi connectivity index (χ1n) is 5.81. The lowest BCUT2D eigenvalue weighted by Gasteiger charge is -2.07. The third-order valence-corrected chi connectivity index (χ3v) is 2.67. The maximum absolute atomic E-state index is 11.9. The standard InChI is InChI=1S/C14H12N2O4/c1-8(17)9-3-2-4-10(5-9)16-14(20)11-7-15-13(19)6-12(11)18/h2-7H,1H3,(H,16,20)(H2,15,18,19). The lowest BCUT2D eigenvalue weighted by atomic mass is 10.1. The Morgan fingerprint density at radius 1 is 1.25 bits per heavy atom. The Hall–Kier alpha value is -2.89. The van der Waals surface area contributed by atoms with Gasteiger partial charge in [0.15, 0.2) is 5.78 Å². The van der Waals surface area contributed by atoms with Crippen molar-refractivity contribution in [3.8, 4) is 5.75 Å². The van der Waals surface area contributed by atoms with Gasteiger partial charge >= 0.3 is 0 Å². The summed E-state index contributed by atoms with van der Waals surface area (Å²) in [7, 11) is 0. The number of ketones is 1. The number of Topliss-reactive ketones (excluding diaryl/α,β-unsaturated/α-hetero) is 1. The van der Waals surface area contributed by atoms with Crippen molar-refractivity contribution in [3.05, 3.63) is 58.0 Å². The molecule has 1 aromatic carbocycles. The summed E-state index contributed by atoms with van der Waals surface area (Å²) >= 11 is 0. The Bertz CT molecular complexity index is 734. The van der Waals surface area contributed by atoms with Gasteiger partial charge in [0.1, 0.15) is 5.75 Å². The van der Waals surface area contributed by atoms with Crippen LogP contribution in [-0.2, 0) is 0 Å². The number of hydrogen-bond acceptors (Lipinski definition) is 4. The first-order chi connectivity index (χ1) is 9.47. The van der Waals surface area contributed by atoms with Crippen LogP contribution in [0.1, 0.15) is 27.6 Å². The molecular weight excluding hydrogens is 260 g/mol. The number of rotatable bonds is 3. The maximum atomic E-state index is 11.9. The highest BCUT2D eigenvalue weighted by molar-refractivity contribution is 6.06. The van der Waals surface area contributed by atoms with E-state index >= 15 is 0 Å². The molecule has 0 saturated heterocycles. The highest BCUT2D eigenvalue weighted by Gasteiger charge is 2.12. The van der Waals surface area contributed by atoms with Crippen LogP contribution in [0.25, 0.3) is 0 Å². The van der Waals surface area contributed by atoms with Gasteiger partial charge in [0.2, 0.25) is 0 Å². The second-order valence-electron chi connectivity index (χ2n) is 4.19. The summed E-state index contributed by atoms with van der Waals surface area (Å²) in [6.07, 6.45) is 1.13. The molecule has 2 rings (SSSR count). The molecule has 1 amide bonds. The number of aromatic nitrogens is 1. The lowest BCUT2D eigenvalue weighted by Crippen LogP contribution is -2.15. The monoisotopic (exact) mass is 272 g/mol. The molecule has 1 aromatic heterocycles. The average Bonchev–Trinajstić information content (AvgIpc) is 2.38. The molecule has 0 saturated carbocycles. The molecule has 0 fully saturated rings. The normalized spacial score (nSPS) is 10.1. The molecule has 0 aliphatic heterocycles. The fraction of sp³-hybridized carbons (Fsp3) is 0.0714. The van der Waals surface area contributed by atoms with Crippen LogP contribution < -0.4 is 10.9 Å². The summed E-state index contributed by atoms with van der Waals surface area (Å²) in [5.41, 5.74) is 0.331. The summed E-state index contributed by atoms with van der Waals surface area (Å²) in [5.74, 6) is -1.11. The molecule has 0 aliphatic rings. The van der Waals surface area contributed by atoms with Gasteiger partial charge in [-0.1, -0.05) is 12.1 Å². The highest BCUT2D eigenvalue weighted by atomic mass is 16.3.